The zero-order chi connectivity index (χ0) is 14.1. The van der Waals surface area contributed by atoms with E-state index in [0.29, 0.717) is 16.4 Å². The van der Waals surface area contributed by atoms with Gasteiger partial charge in [-0.15, -0.1) is 0 Å². The van der Waals surface area contributed by atoms with Crippen molar-refractivity contribution in [1.29, 1.82) is 0 Å². The summed E-state index contributed by atoms with van der Waals surface area (Å²) in [6, 6.07) is 7.57. The molecule has 4 nitrogen and oxygen atoms in total. The number of para-hydroxylation sites is 2. The van der Waals surface area contributed by atoms with Crippen LogP contribution in [0, 0.1) is 0 Å². The average molecular weight is 284 g/mol. The fourth-order valence-corrected chi connectivity index (χ4v) is 2.52. The van der Waals surface area contributed by atoms with Crippen LogP contribution in [0.15, 0.2) is 61.6 Å². The molecule has 0 spiro atoms. The van der Waals surface area contributed by atoms with Crippen LogP contribution < -0.4 is 0 Å². The van der Waals surface area contributed by atoms with Gasteiger partial charge in [0.15, 0.2) is 11.4 Å². The Morgan fingerprint density at radius 2 is 1.85 bits per heavy atom. The fourth-order valence-electron chi connectivity index (χ4n) is 1.96. The van der Waals surface area contributed by atoms with Crippen molar-refractivity contribution in [2.45, 2.75) is 19.1 Å². The van der Waals surface area contributed by atoms with E-state index in [1.165, 1.54) is 11.9 Å². The first kappa shape index (κ1) is 12.9. The number of carbonyl (C=O) groups is 1. The van der Waals surface area contributed by atoms with Crippen LogP contribution in [-0.4, -0.2) is 16.5 Å². The lowest BCUT2D eigenvalue weighted by Crippen LogP contribution is -2.10. The zero-order valence-corrected chi connectivity index (χ0v) is 11.9. The number of rotatable bonds is 2. The summed E-state index contributed by atoms with van der Waals surface area (Å²) in [6.07, 6.45) is 3.54. The zero-order valence-electron chi connectivity index (χ0n) is 11.1. The number of oxazole rings is 1. The van der Waals surface area contributed by atoms with Crippen LogP contribution >= 0.6 is 11.9 Å². The summed E-state index contributed by atoms with van der Waals surface area (Å²) < 4.78 is 9.93. The number of hydrogen-bond donors (Lipinski definition) is 0. The van der Waals surface area contributed by atoms with Crippen molar-refractivity contribution in [3.05, 3.63) is 47.6 Å². The van der Waals surface area contributed by atoms with Gasteiger partial charge in [0, 0.05) is 0 Å². The van der Waals surface area contributed by atoms with Gasteiger partial charge in [-0.05, 0) is 49.3 Å². The molecule has 0 bridgehead atoms. The fraction of sp³-hybridized carbons (Fsp3) is 0.133. The lowest BCUT2D eigenvalue weighted by Gasteiger charge is -2.07. The summed E-state index contributed by atoms with van der Waals surface area (Å²) >= 11 is 1.17. The van der Waals surface area contributed by atoms with Crippen molar-refractivity contribution in [3.63, 3.8) is 0 Å². The molecule has 1 aromatic heterocycles. The van der Waals surface area contributed by atoms with Crippen LogP contribution in [0.3, 0.4) is 0 Å². The van der Waals surface area contributed by atoms with Crippen molar-refractivity contribution in [3.8, 4) is 0 Å². The highest BCUT2D eigenvalue weighted by atomic mass is 32.2. The molecular weight excluding hydrogens is 272 g/mol. The Kier molecular flexibility index (Phi) is 3.28. The molecule has 0 unspecified atom stereocenters. The third kappa shape index (κ3) is 2.44. The Hall–Kier alpha value is -2.14. The normalized spacial score (nSPS) is 15.3. The van der Waals surface area contributed by atoms with Crippen molar-refractivity contribution < 1.29 is 9.21 Å². The number of benzene rings is 1. The lowest BCUT2D eigenvalue weighted by atomic mass is 9.98. The van der Waals surface area contributed by atoms with E-state index in [4.69, 9.17) is 4.42 Å². The number of Topliss-reactive ketones (excluding diaryl/α,β-unsaturated/α-hetero) is 1. The highest BCUT2D eigenvalue weighted by Crippen LogP contribution is 2.25. The molecule has 1 aliphatic rings. The smallest absolute Gasteiger partial charge is 0.279 e. The molecule has 2 aromatic rings. The van der Waals surface area contributed by atoms with Gasteiger partial charge in [0.25, 0.3) is 5.22 Å². The van der Waals surface area contributed by atoms with Gasteiger partial charge in [-0.1, -0.05) is 12.1 Å². The molecule has 100 valence electrons. The highest BCUT2D eigenvalue weighted by molar-refractivity contribution is 7.98. The molecule has 0 radical (unpaired) electrons. The Balaban J connectivity index is 1.85. The van der Waals surface area contributed by atoms with E-state index < -0.39 is 0 Å². The maximum absolute atomic E-state index is 11.6. The molecule has 0 fully saturated rings. The van der Waals surface area contributed by atoms with E-state index in [9.17, 15) is 4.79 Å². The number of hydrogen-bond acceptors (Lipinski definition) is 5. The number of nitrogens with zero attached hydrogens (tertiary/aromatic N) is 2. The highest BCUT2D eigenvalue weighted by Gasteiger charge is 2.14. The molecule has 1 heterocycles. The minimum atomic E-state index is 0.0656. The van der Waals surface area contributed by atoms with E-state index in [0.717, 1.165) is 16.8 Å². The summed E-state index contributed by atoms with van der Waals surface area (Å²) in [5, 5.41) is 0.493. The molecule has 0 N–H and O–H groups in total. The second-order valence-electron chi connectivity index (χ2n) is 4.54. The van der Waals surface area contributed by atoms with Crippen LogP contribution in [-0.2, 0) is 4.79 Å². The molecule has 20 heavy (non-hydrogen) atoms. The first-order valence-electron chi connectivity index (χ1n) is 6.15. The van der Waals surface area contributed by atoms with Gasteiger partial charge in [-0.25, -0.2) is 9.38 Å². The molecule has 0 amide bonds. The summed E-state index contributed by atoms with van der Waals surface area (Å²) in [7, 11) is 0. The summed E-state index contributed by atoms with van der Waals surface area (Å²) in [5.74, 6) is 0.0656. The molecule has 3 rings (SSSR count). The third-order valence-electron chi connectivity index (χ3n) is 2.95. The average Bonchev–Trinajstić information content (AvgIpc) is 2.85. The van der Waals surface area contributed by atoms with E-state index in [1.807, 2.05) is 24.3 Å². The van der Waals surface area contributed by atoms with E-state index in [-0.39, 0.29) is 5.78 Å². The largest absolute Gasteiger partial charge is 0.430 e. The quantitative estimate of drug-likeness (QED) is 0.622. The second kappa shape index (κ2) is 5.09. The van der Waals surface area contributed by atoms with Gasteiger partial charge in [0.05, 0.1) is 17.7 Å². The number of carbonyl (C=O) groups excluding carboxylic acids is 1. The van der Waals surface area contributed by atoms with E-state index in [2.05, 4.69) is 9.38 Å². The maximum Gasteiger partial charge on any atom is 0.279 e. The van der Waals surface area contributed by atoms with Crippen LogP contribution in [0.5, 0.6) is 0 Å². The van der Waals surface area contributed by atoms with Gasteiger partial charge in [-0.3, -0.25) is 4.79 Å². The van der Waals surface area contributed by atoms with Gasteiger partial charge in [0.1, 0.15) is 5.52 Å². The standard InChI is InChI=1S/C15H12N2O2S/c1-9-7-11(8-10(2)14(9)18)17-20-15-16-12-5-3-4-6-13(12)19-15/h3-8H,1-2H3. The van der Waals surface area contributed by atoms with Gasteiger partial charge >= 0.3 is 0 Å². The van der Waals surface area contributed by atoms with Crippen molar-refractivity contribution >= 4 is 34.5 Å². The predicted molar refractivity (Wildman–Crippen MR) is 79.8 cm³/mol. The van der Waals surface area contributed by atoms with Gasteiger partial charge in [-0.2, -0.15) is 0 Å². The number of allylic oxidation sites excluding steroid dienone is 4. The van der Waals surface area contributed by atoms with Crippen LogP contribution in [0.4, 0.5) is 0 Å². The molecule has 0 aliphatic heterocycles. The number of fused-ring (bicyclic) bond motifs is 1. The minimum absolute atomic E-state index is 0.0656. The molecule has 0 atom stereocenters. The van der Waals surface area contributed by atoms with Crippen molar-refractivity contribution in [1.82, 2.24) is 4.98 Å². The Labute approximate surface area is 120 Å². The first-order valence-corrected chi connectivity index (χ1v) is 6.93. The van der Waals surface area contributed by atoms with E-state index in [1.54, 1.807) is 26.0 Å². The molecule has 0 saturated heterocycles. The molecule has 0 saturated carbocycles. The first-order chi connectivity index (χ1) is 9.63. The molecule has 5 heteroatoms. The number of ketones is 1. The maximum atomic E-state index is 11.6. The molecule has 1 aromatic carbocycles. The van der Waals surface area contributed by atoms with Crippen LogP contribution in [0.1, 0.15) is 13.8 Å². The summed E-state index contributed by atoms with van der Waals surface area (Å²) in [5.41, 5.74) is 3.69. The summed E-state index contributed by atoms with van der Waals surface area (Å²) in [4.78, 5) is 16.0. The SMILES string of the molecule is CC1=CC(=NSc2nc3ccccc3o2)C=C(C)C1=O. The number of aromatic nitrogens is 1. The second-order valence-corrected chi connectivity index (χ2v) is 5.25. The van der Waals surface area contributed by atoms with Gasteiger partial charge in [0.2, 0.25) is 0 Å². The Morgan fingerprint density at radius 1 is 1.15 bits per heavy atom. The topological polar surface area (TPSA) is 55.5 Å². The summed E-state index contributed by atoms with van der Waals surface area (Å²) in [6.45, 7) is 3.58. The lowest BCUT2D eigenvalue weighted by molar-refractivity contribution is -0.112. The van der Waals surface area contributed by atoms with Crippen LogP contribution in [0.2, 0.25) is 0 Å². The Morgan fingerprint density at radius 3 is 2.55 bits per heavy atom. The van der Waals surface area contributed by atoms with Crippen molar-refractivity contribution in [2.75, 3.05) is 0 Å². The minimum Gasteiger partial charge on any atom is -0.430 e. The predicted octanol–water partition coefficient (Wildman–Crippen LogP) is 3.75. The van der Waals surface area contributed by atoms with Gasteiger partial charge < -0.3 is 4.42 Å². The van der Waals surface area contributed by atoms with Crippen molar-refractivity contribution in [2.24, 2.45) is 4.40 Å². The molecule has 1 aliphatic carbocycles. The molecular formula is C15H12N2O2S. The van der Waals surface area contributed by atoms with Crippen LogP contribution in [0.25, 0.3) is 11.1 Å². The van der Waals surface area contributed by atoms with E-state index >= 15 is 0 Å². The Bertz CT molecular complexity index is 727. The monoisotopic (exact) mass is 284 g/mol. The third-order valence-corrected chi connectivity index (χ3v) is 3.58.